The lowest BCUT2D eigenvalue weighted by molar-refractivity contribution is -0.117. The third kappa shape index (κ3) is 5.37. The van der Waals surface area contributed by atoms with Crippen LogP contribution in [-0.4, -0.2) is 77.8 Å². The third-order valence-corrected chi connectivity index (χ3v) is 7.53. The zero-order chi connectivity index (χ0) is 25.5. The number of ether oxygens (including phenoxy) is 2. The number of likely N-dealkylation sites (tertiary alicyclic amines) is 1. The molecule has 1 aliphatic carbocycles. The lowest BCUT2D eigenvalue weighted by Gasteiger charge is -2.58. The maximum atomic E-state index is 12.3. The Balaban J connectivity index is 1.26. The fourth-order valence-electron chi connectivity index (χ4n) is 5.95. The van der Waals surface area contributed by atoms with E-state index in [1.165, 1.54) is 11.1 Å². The molecule has 1 aromatic heterocycles. The van der Waals surface area contributed by atoms with E-state index in [9.17, 15) is 4.79 Å². The van der Waals surface area contributed by atoms with E-state index in [-0.39, 0.29) is 23.7 Å². The van der Waals surface area contributed by atoms with Gasteiger partial charge in [0.05, 0.1) is 11.7 Å². The predicted octanol–water partition coefficient (Wildman–Crippen LogP) is 4.52. The molecule has 1 amide bonds. The fraction of sp³-hybridized carbons (Fsp3) is 0.586. The summed E-state index contributed by atoms with van der Waals surface area (Å²) in [5.41, 5.74) is 3.48. The Hall–Kier alpha value is -2.64. The van der Waals surface area contributed by atoms with E-state index < -0.39 is 5.60 Å². The summed E-state index contributed by atoms with van der Waals surface area (Å²) in [6.45, 7) is 10.1. The van der Waals surface area contributed by atoms with Gasteiger partial charge in [-0.3, -0.25) is 9.88 Å². The molecule has 0 bridgehead atoms. The minimum atomic E-state index is -0.455. The van der Waals surface area contributed by atoms with Crippen LogP contribution in [-0.2, 0) is 17.7 Å². The summed E-state index contributed by atoms with van der Waals surface area (Å²) in [7, 11) is 4.27. The van der Waals surface area contributed by atoms with Crippen molar-refractivity contribution in [2.24, 2.45) is 5.41 Å². The van der Waals surface area contributed by atoms with Crippen LogP contribution in [0.15, 0.2) is 42.6 Å². The minimum absolute atomic E-state index is 0.182. The molecular weight excluding hydrogens is 452 g/mol. The van der Waals surface area contributed by atoms with E-state index in [4.69, 9.17) is 14.5 Å². The standard InChI is InChI=1S/C29H40N4O3/c1-28(2,3)36-27(34)33-19-29(20-33)15-22(16-29)35-25-11-13-30-23-12-14-32(17-21-9-7-6-8-10-21)24(26(23)25)18-31(4)5/h6-11,13,22,24H,12,14-20H2,1-5H3. The van der Waals surface area contributed by atoms with Gasteiger partial charge in [0.2, 0.25) is 0 Å². The van der Waals surface area contributed by atoms with E-state index in [0.717, 1.165) is 63.4 Å². The molecule has 36 heavy (non-hydrogen) atoms. The summed E-state index contributed by atoms with van der Waals surface area (Å²) in [5.74, 6) is 0.979. The highest BCUT2D eigenvalue weighted by atomic mass is 16.6. The fourth-order valence-corrected chi connectivity index (χ4v) is 5.95. The maximum Gasteiger partial charge on any atom is 0.410 e. The molecule has 2 aliphatic heterocycles. The first-order valence-electron chi connectivity index (χ1n) is 13.2. The van der Waals surface area contributed by atoms with Gasteiger partial charge in [0, 0.05) is 56.3 Å². The molecule has 0 N–H and O–H groups in total. The van der Waals surface area contributed by atoms with Gasteiger partial charge in [-0.15, -0.1) is 0 Å². The van der Waals surface area contributed by atoms with Crippen molar-refractivity contribution in [2.45, 2.75) is 64.3 Å². The van der Waals surface area contributed by atoms with Crippen LogP contribution in [0.25, 0.3) is 0 Å². The number of carbonyl (C=O) groups is 1. The average molecular weight is 493 g/mol. The average Bonchev–Trinajstić information content (AvgIpc) is 2.75. The molecule has 0 radical (unpaired) electrons. The molecule has 1 saturated heterocycles. The smallest absolute Gasteiger partial charge is 0.410 e. The summed E-state index contributed by atoms with van der Waals surface area (Å²) in [5, 5.41) is 0. The number of amides is 1. The van der Waals surface area contributed by atoms with E-state index in [2.05, 4.69) is 54.2 Å². The molecule has 3 aliphatic rings. The van der Waals surface area contributed by atoms with Crippen molar-refractivity contribution < 1.29 is 14.3 Å². The molecule has 1 spiro atoms. The summed E-state index contributed by atoms with van der Waals surface area (Å²) in [6, 6.07) is 13.0. The quantitative estimate of drug-likeness (QED) is 0.591. The number of benzene rings is 1. The van der Waals surface area contributed by atoms with Gasteiger partial charge in [-0.05, 0) is 59.3 Å². The van der Waals surface area contributed by atoms with E-state index >= 15 is 0 Å². The molecule has 1 aromatic carbocycles. The first-order valence-corrected chi connectivity index (χ1v) is 13.2. The van der Waals surface area contributed by atoms with Crippen molar-refractivity contribution in [1.82, 2.24) is 19.7 Å². The summed E-state index contributed by atoms with van der Waals surface area (Å²) >= 11 is 0. The van der Waals surface area contributed by atoms with Crippen molar-refractivity contribution in [3.05, 3.63) is 59.4 Å². The monoisotopic (exact) mass is 492 g/mol. The molecule has 1 saturated carbocycles. The SMILES string of the molecule is CN(C)CC1c2c(OC3CC4(C3)CN(C(=O)OC(C)(C)C)C4)ccnc2CCN1Cc1ccccc1. The van der Waals surface area contributed by atoms with E-state index in [1.54, 1.807) is 0 Å². The topological polar surface area (TPSA) is 58.1 Å². The van der Waals surface area contributed by atoms with E-state index in [1.807, 2.05) is 37.9 Å². The summed E-state index contributed by atoms with van der Waals surface area (Å²) in [6.07, 6.45) is 4.77. The van der Waals surface area contributed by atoms with Gasteiger partial charge in [0.25, 0.3) is 0 Å². The lowest BCUT2D eigenvalue weighted by atomic mass is 9.62. The largest absolute Gasteiger partial charge is 0.490 e. The summed E-state index contributed by atoms with van der Waals surface area (Å²) < 4.78 is 12.2. The molecule has 194 valence electrons. The second kappa shape index (κ2) is 9.67. The number of nitrogens with zero attached hydrogens (tertiary/aromatic N) is 4. The molecule has 7 heteroatoms. The Bertz CT molecular complexity index is 1070. The molecule has 2 aromatic rings. The van der Waals surface area contributed by atoms with Gasteiger partial charge in [-0.2, -0.15) is 0 Å². The van der Waals surface area contributed by atoms with Crippen molar-refractivity contribution in [1.29, 1.82) is 0 Å². The lowest BCUT2D eigenvalue weighted by Crippen LogP contribution is -2.66. The van der Waals surface area contributed by atoms with Gasteiger partial charge in [-0.1, -0.05) is 30.3 Å². The van der Waals surface area contributed by atoms with Crippen molar-refractivity contribution in [2.75, 3.05) is 40.3 Å². The number of likely N-dealkylation sites (N-methyl/N-ethyl adjacent to an activating group) is 1. The zero-order valence-electron chi connectivity index (χ0n) is 22.4. The van der Waals surface area contributed by atoms with Crippen LogP contribution in [0.2, 0.25) is 0 Å². The van der Waals surface area contributed by atoms with Crippen LogP contribution in [0.1, 0.15) is 56.5 Å². The van der Waals surface area contributed by atoms with Crippen LogP contribution in [0.4, 0.5) is 4.79 Å². The third-order valence-electron chi connectivity index (χ3n) is 7.53. The highest BCUT2D eigenvalue weighted by Crippen LogP contribution is 2.50. The van der Waals surface area contributed by atoms with Crippen molar-refractivity contribution in [3.8, 4) is 5.75 Å². The van der Waals surface area contributed by atoms with Crippen LogP contribution >= 0.6 is 0 Å². The number of hydrogen-bond donors (Lipinski definition) is 0. The maximum absolute atomic E-state index is 12.3. The van der Waals surface area contributed by atoms with Crippen LogP contribution in [0, 0.1) is 5.41 Å². The molecule has 7 nitrogen and oxygen atoms in total. The molecule has 1 atom stereocenters. The van der Waals surface area contributed by atoms with Crippen molar-refractivity contribution in [3.63, 3.8) is 0 Å². The number of pyridine rings is 1. The Labute approximate surface area is 215 Å². The minimum Gasteiger partial charge on any atom is -0.490 e. The van der Waals surface area contributed by atoms with Gasteiger partial charge < -0.3 is 19.3 Å². The van der Waals surface area contributed by atoms with Crippen LogP contribution in [0.5, 0.6) is 5.75 Å². The van der Waals surface area contributed by atoms with Gasteiger partial charge in [0.1, 0.15) is 17.5 Å². The van der Waals surface area contributed by atoms with Crippen molar-refractivity contribution >= 4 is 6.09 Å². The number of rotatable bonds is 6. The zero-order valence-corrected chi connectivity index (χ0v) is 22.4. The second-order valence-electron chi connectivity index (χ2n) is 12.1. The summed E-state index contributed by atoms with van der Waals surface area (Å²) in [4.78, 5) is 23.8. The van der Waals surface area contributed by atoms with Gasteiger partial charge in [0.15, 0.2) is 0 Å². The Morgan fingerprint density at radius 3 is 2.53 bits per heavy atom. The number of hydrogen-bond acceptors (Lipinski definition) is 6. The van der Waals surface area contributed by atoms with Gasteiger partial charge in [-0.25, -0.2) is 4.79 Å². The number of fused-ring (bicyclic) bond motifs is 1. The second-order valence-corrected chi connectivity index (χ2v) is 12.1. The Morgan fingerprint density at radius 2 is 1.86 bits per heavy atom. The Morgan fingerprint density at radius 1 is 1.14 bits per heavy atom. The normalized spacial score (nSPS) is 21.6. The van der Waals surface area contributed by atoms with Gasteiger partial charge >= 0.3 is 6.09 Å². The number of carbonyl (C=O) groups excluding carboxylic acids is 1. The first kappa shape index (κ1) is 25.0. The van der Waals surface area contributed by atoms with Crippen LogP contribution in [0.3, 0.4) is 0 Å². The highest BCUT2D eigenvalue weighted by molar-refractivity contribution is 5.69. The molecule has 2 fully saturated rings. The highest BCUT2D eigenvalue weighted by Gasteiger charge is 2.55. The Kier molecular flexibility index (Phi) is 6.72. The molecule has 3 heterocycles. The van der Waals surface area contributed by atoms with Crippen LogP contribution < -0.4 is 4.74 Å². The predicted molar refractivity (Wildman–Crippen MR) is 140 cm³/mol. The van der Waals surface area contributed by atoms with E-state index in [0.29, 0.717) is 0 Å². The molecular formula is C29H40N4O3. The molecule has 1 unspecified atom stereocenters. The first-order chi connectivity index (χ1) is 17.1. The number of aromatic nitrogens is 1. The molecule has 5 rings (SSSR count).